The topological polar surface area (TPSA) is 78.5 Å². The van der Waals surface area contributed by atoms with Crippen LogP contribution in [0.25, 0.3) is 0 Å². The molecule has 4 rings (SSSR count). The maximum absolute atomic E-state index is 13.9. The van der Waals surface area contributed by atoms with Crippen molar-refractivity contribution in [2.45, 2.75) is 18.6 Å². The number of fused-ring (bicyclic) bond motifs is 1. The molecule has 0 radical (unpaired) electrons. The summed E-state index contributed by atoms with van der Waals surface area (Å²) in [6, 6.07) is 6.62. The molecule has 7 nitrogen and oxygen atoms in total. The second-order valence-corrected chi connectivity index (χ2v) is 6.34. The van der Waals surface area contributed by atoms with Crippen LogP contribution >= 0.6 is 0 Å². The zero-order chi connectivity index (χ0) is 18.1. The summed E-state index contributed by atoms with van der Waals surface area (Å²) in [5.41, 5.74) is 6.02. The number of ether oxygens (including phenoxy) is 1. The molecule has 8 heteroatoms. The molecule has 1 aromatic heterocycles. The molecule has 1 aromatic carbocycles. The minimum atomic E-state index is -0.454. The number of nitrogens with one attached hydrogen (secondary N) is 3. The van der Waals surface area contributed by atoms with Gasteiger partial charge in [0, 0.05) is 18.3 Å². The normalized spacial score (nSPS) is 21.5. The van der Waals surface area contributed by atoms with Gasteiger partial charge in [-0.2, -0.15) is 0 Å². The average molecular weight is 357 g/mol. The van der Waals surface area contributed by atoms with Crippen LogP contribution in [0.3, 0.4) is 0 Å². The highest BCUT2D eigenvalue weighted by Gasteiger charge is 2.34. The third kappa shape index (κ3) is 2.97. The zero-order valence-corrected chi connectivity index (χ0v) is 14.3. The summed E-state index contributed by atoms with van der Waals surface area (Å²) in [4.78, 5) is 16.1. The van der Waals surface area contributed by atoms with Crippen molar-refractivity contribution in [1.82, 2.24) is 15.7 Å². The summed E-state index contributed by atoms with van der Waals surface area (Å²) in [5, 5.41) is 8.67. The van der Waals surface area contributed by atoms with Crippen LogP contribution < -0.4 is 21.1 Å². The smallest absolute Gasteiger partial charge is 0.340 e. The Hall–Kier alpha value is -2.71. The van der Waals surface area contributed by atoms with Crippen LogP contribution in [0, 0.1) is 5.82 Å². The van der Waals surface area contributed by atoms with E-state index in [1.807, 2.05) is 0 Å². The molecular weight excluding hydrogens is 337 g/mol. The number of carbonyl (C=O) groups excluding carboxylic acids is 1. The Balaban J connectivity index is 1.66. The highest BCUT2D eigenvalue weighted by atomic mass is 19.1. The molecule has 0 amide bonds. The number of halogens is 1. The van der Waals surface area contributed by atoms with Crippen molar-refractivity contribution in [3.8, 4) is 0 Å². The zero-order valence-electron chi connectivity index (χ0n) is 14.3. The highest BCUT2D eigenvalue weighted by Crippen LogP contribution is 2.36. The number of esters is 1. The van der Waals surface area contributed by atoms with Crippen LogP contribution in [0.2, 0.25) is 0 Å². The van der Waals surface area contributed by atoms with Crippen LogP contribution in [0.5, 0.6) is 0 Å². The number of hydrazine groups is 1. The van der Waals surface area contributed by atoms with Crippen molar-refractivity contribution in [2.24, 2.45) is 0 Å². The van der Waals surface area contributed by atoms with Crippen molar-refractivity contribution in [1.29, 1.82) is 0 Å². The number of benzene rings is 1. The Labute approximate surface area is 150 Å². The van der Waals surface area contributed by atoms with Crippen molar-refractivity contribution >= 4 is 17.3 Å². The Morgan fingerprint density at radius 2 is 2.31 bits per heavy atom. The monoisotopic (exact) mass is 357 g/mol. The number of aromatic nitrogens is 1. The van der Waals surface area contributed by atoms with E-state index >= 15 is 0 Å². The summed E-state index contributed by atoms with van der Waals surface area (Å²) in [5.74, 6) is -0.757. The van der Waals surface area contributed by atoms with Gasteiger partial charge in [-0.15, -0.1) is 0 Å². The van der Waals surface area contributed by atoms with Gasteiger partial charge in [0.05, 0.1) is 36.3 Å². The largest absolute Gasteiger partial charge is 0.465 e. The second-order valence-electron chi connectivity index (χ2n) is 6.34. The lowest BCUT2D eigenvalue weighted by atomic mass is 10.1. The standard InChI is InChI=1S/C18H20FN5O2/c1-26-18(25)13-5-7-21-10-15(13)22-17-14-8-11(19)2-3-16(14)24(23-17)12-4-6-20-9-12/h2-3,5,7-8,10,12,17,20,22-23H,4,6,9H2,1H3/t12-,17?/m0/s1. The molecule has 0 bridgehead atoms. The molecule has 3 N–H and O–H groups in total. The van der Waals surface area contributed by atoms with E-state index in [1.165, 1.54) is 25.4 Å². The van der Waals surface area contributed by atoms with Crippen LogP contribution in [-0.2, 0) is 4.74 Å². The van der Waals surface area contributed by atoms with Crippen molar-refractivity contribution < 1.29 is 13.9 Å². The number of pyridine rings is 1. The maximum Gasteiger partial charge on any atom is 0.340 e. The molecule has 0 saturated carbocycles. The summed E-state index contributed by atoms with van der Waals surface area (Å²) in [7, 11) is 1.33. The van der Waals surface area contributed by atoms with Crippen LogP contribution in [0.1, 0.15) is 28.5 Å². The molecule has 1 unspecified atom stereocenters. The van der Waals surface area contributed by atoms with E-state index in [9.17, 15) is 9.18 Å². The average Bonchev–Trinajstić information content (AvgIpc) is 3.30. The molecular formula is C18H20FN5O2. The molecule has 0 aliphatic carbocycles. The second kappa shape index (κ2) is 6.89. The van der Waals surface area contributed by atoms with Gasteiger partial charge in [0.2, 0.25) is 0 Å². The molecule has 0 spiro atoms. The van der Waals surface area contributed by atoms with E-state index in [0.717, 1.165) is 30.8 Å². The first-order valence-corrected chi connectivity index (χ1v) is 8.52. The minimum Gasteiger partial charge on any atom is -0.465 e. The summed E-state index contributed by atoms with van der Waals surface area (Å²) in [6.07, 6.45) is 3.71. The van der Waals surface area contributed by atoms with E-state index in [4.69, 9.17) is 4.74 Å². The number of hydrogen-bond donors (Lipinski definition) is 3. The lowest BCUT2D eigenvalue weighted by molar-refractivity contribution is 0.0601. The third-order valence-electron chi connectivity index (χ3n) is 4.75. The lowest BCUT2D eigenvalue weighted by Crippen LogP contribution is -2.45. The van der Waals surface area contributed by atoms with Crippen molar-refractivity contribution in [3.05, 3.63) is 53.6 Å². The highest BCUT2D eigenvalue weighted by molar-refractivity contribution is 5.95. The fourth-order valence-corrected chi connectivity index (χ4v) is 3.48. The predicted molar refractivity (Wildman–Crippen MR) is 95.2 cm³/mol. The van der Waals surface area contributed by atoms with Gasteiger partial charge in [0.15, 0.2) is 0 Å². The Morgan fingerprint density at radius 3 is 3.08 bits per heavy atom. The fourth-order valence-electron chi connectivity index (χ4n) is 3.48. The van der Waals surface area contributed by atoms with E-state index < -0.39 is 5.97 Å². The number of carbonyl (C=O) groups is 1. The van der Waals surface area contributed by atoms with Gasteiger partial charge < -0.3 is 20.4 Å². The van der Waals surface area contributed by atoms with E-state index in [-0.39, 0.29) is 18.0 Å². The molecule has 2 atom stereocenters. The number of anilines is 2. The van der Waals surface area contributed by atoms with E-state index in [0.29, 0.717) is 11.3 Å². The summed E-state index contributed by atoms with van der Waals surface area (Å²) in [6.45, 7) is 1.81. The van der Waals surface area contributed by atoms with Crippen LogP contribution in [-0.4, -0.2) is 37.2 Å². The third-order valence-corrected chi connectivity index (χ3v) is 4.75. The van der Waals surface area contributed by atoms with Gasteiger partial charge in [-0.05, 0) is 37.2 Å². The van der Waals surface area contributed by atoms with Gasteiger partial charge in [-0.1, -0.05) is 0 Å². The SMILES string of the molecule is COC(=O)c1ccncc1NC1NN([C@H]2CCNC2)c2ccc(F)cc21. The molecule has 2 aliphatic heterocycles. The molecule has 1 saturated heterocycles. The summed E-state index contributed by atoms with van der Waals surface area (Å²) >= 11 is 0. The number of nitrogens with zero attached hydrogens (tertiary/aromatic N) is 2. The Kier molecular flexibility index (Phi) is 4.44. The van der Waals surface area contributed by atoms with Crippen molar-refractivity contribution in [2.75, 3.05) is 30.5 Å². The van der Waals surface area contributed by atoms with Gasteiger partial charge in [-0.3, -0.25) is 4.98 Å². The first-order chi connectivity index (χ1) is 12.7. The Bertz CT molecular complexity index is 825. The fraction of sp³-hybridized carbons (Fsp3) is 0.333. The summed E-state index contributed by atoms with van der Waals surface area (Å²) < 4.78 is 18.7. The predicted octanol–water partition coefficient (Wildman–Crippen LogP) is 1.80. The molecule has 1 fully saturated rings. The number of hydrogen-bond acceptors (Lipinski definition) is 7. The van der Waals surface area contributed by atoms with Crippen molar-refractivity contribution in [3.63, 3.8) is 0 Å². The maximum atomic E-state index is 13.9. The molecule has 2 aliphatic rings. The van der Waals surface area contributed by atoms with Gasteiger partial charge in [-0.25, -0.2) is 14.6 Å². The van der Waals surface area contributed by atoms with E-state index in [1.54, 1.807) is 18.3 Å². The van der Waals surface area contributed by atoms with Crippen LogP contribution in [0.4, 0.5) is 15.8 Å². The molecule has 26 heavy (non-hydrogen) atoms. The van der Waals surface area contributed by atoms with Gasteiger partial charge >= 0.3 is 5.97 Å². The first kappa shape index (κ1) is 16.7. The molecule has 136 valence electrons. The minimum absolute atomic E-state index is 0.278. The first-order valence-electron chi connectivity index (χ1n) is 8.52. The van der Waals surface area contributed by atoms with E-state index in [2.05, 4.69) is 26.1 Å². The Morgan fingerprint density at radius 1 is 1.42 bits per heavy atom. The quantitative estimate of drug-likeness (QED) is 0.720. The lowest BCUT2D eigenvalue weighted by Gasteiger charge is -2.27. The number of rotatable bonds is 4. The molecule has 3 heterocycles. The van der Waals surface area contributed by atoms with Gasteiger partial charge in [0.25, 0.3) is 0 Å². The van der Waals surface area contributed by atoms with Crippen LogP contribution in [0.15, 0.2) is 36.7 Å². The van der Waals surface area contributed by atoms with Gasteiger partial charge in [0.1, 0.15) is 12.0 Å². The molecule has 2 aromatic rings. The number of methoxy groups -OCH3 is 1.